The molecule has 0 saturated carbocycles. The molecule has 0 fully saturated rings. The zero-order valence-corrected chi connectivity index (χ0v) is 9.72. The molecule has 3 heteroatoms. The molecule has 0 bridgehead atoms. The van der Waals surface area contributed by atoms with Crippen LogP contribution in [0.1, 0.15) is 47.5 Å². The molecule has 0 aromatic rings. The second kappa shape index (κ2) is 8.60. The summed E-state index contributed by atoms with van der Waals surface area (Å²) in [6.45, 7) is 8.52. The molecule has 0 atom stereocenters. The average Bonchev–Trinajstić information content (AvgIpc) is 1.79. The van der Waals surface area contributed by atoms with Gasteiger partial charge >= 0.3 is 0 Å². The van der Waals surface area contributed by atoms with Crippen LogP contribution in [-0.2, 0) is 14.4 Å². The van der Waals surface area contributed by atoms with Crippen molar-refractivity contribution in [2.75, 3.05) is 0 Å². The molecule has 0 saturated heterocycles. The minimum Gasteiger partial charge on any atom is -0.300 e. The van der Waals surface area contributed by atoms with Crippen LogP contribution in [0.3, 0.4) is 0 Å². The fourth-order valence-electron chi connectivity index (χ4n) is 0.925. The maximum atomic E-state index is 10.3. The van der Waals surface area contributed by atoms with Crippen LogP contribution in [0.25, 0.3) is 0 Å². The van der Waals surface area contributed by atoms with Crippen molar-refractivity contribution in [3.05, 3.63) is 0 Å². The third kappa shape index (κ3) is 22.5. The third-order valence-corrected chi connectivity index (χ3v) is 1.19. The molecule has 0 amide bonds. The van der Waals surface area contributed by atoms with Gasteiger partial charge < -0.3 is 4.79 Å². The number of hydrogen-bond acceptors (Lipinski definition) is 3. The number of rotatable bonds is 4. The average molecular weight is 200 g/mol. The van der Waals surface area contributed by atoms with Crippen molar-refractivity contribution in [1.29, 1.82) is 0 Å². The lowest BCUT2D eigenvalue weighted by molar-refractivity contribution is -0.124. The summed E-state index contributed by atoms with van der Waals surface area (Å²) in [5.74, 6) is 0.688. The SMILES string of the molecule is CC(=O)CC(C)=O.CC(=O)CC(C)C. The Morgan fingerprint density at radius 3 is 1.21 bits per heavy atom. The molecule has 0 aromatic carbocycles. The lowest BCUT2D eigenvalue weighted by atomic mass is 10.1. The summed E-state index contributed by atoms with van der Waals surface area (Å²) in [7, 11) is 0. The van der Waals surface area contributed by atoms with E-state index in [9.17, 15) is 14.4 Å². The van der Waals surface area contributed by atoms with Gasteiger partial charge in [0.2, 0.25) is 0 Å². The Bertz CT molecular complexity index is 193. The molecular weight excluding hydrogens is 180 g/mol. The fraction of sp³-hybridized carbons (Fsp3) is 0.727. The smallest absolute Gasteiger partial charge is 0.137 e. The molecular formula is C11H20O3. The maximum Gasteiger partial charge on any atom is 0.137 e. The highest BCUT2D eigenvalue weighted by molar-refractivity contribution is 5.96. The molecule has 0 aliphatic carbocycles. The van der Waals surface area contributed by atoms with Gasteiger partial charge in [0.05, 0.1) is 6.42 Å². The minimum atomic E-state index is -0.0625. The summed E-state index contributed by atoms with van der Waals surface area (Å²) in [6.07, 6.45) is 0.806. The topological polar surface area (TPSA) is 51.2 Å². The standard InChI is InChI=1S/C6H12O.C5H8O2/c1-5(2)4-6(3)7;1-4(6)3-5(2)7/h5H,4H2,1-3H3;3H2,1-2H3. The molecule has 0 unspecified atom stereocenters. The molecule has 0 heterocycles. The fourth-order valence-corrected chi connectivity index (χ4v) is 0.925. The summed E-state index contributed by atoms with van der Waals surface area (Å²) in [5, 5.41) is 0. The van der Waals surface area contributed by atoms with Gasteiger partial charge in [-0.3, -0.25) is 9.59 Å². The summed E-state index contributed by atoms with van der Waals surface area (Å²) in [4.78, 5) is 30.3. The zero-order valence-electron chi connectivity index (χ0n) is 9.72. The monoisotopic (exact) mass is 200 g/mol. The lowest BCUT2D eigenvalue weighted by Crippen LogP contribution is -1.97. The summed E-state index contributed by atoms with van der Waals surface area (Å²) in [6, 6.07) is 0. The van der Waals surface area contributed by atoms with E-state index in [4.69, 9.17) is 0 Å². The van der Waals surface area contributed by atoms with E-state index in [0.717, 1.165) is 6.42 Å². The first-order valence-corrected chi connectivity index (χ1v) is 4.74. The van der Waals surface area contributed by atoms with Crippen LogP contribution in [0, 0.1) is 5.92 Å². The van der Waals surface area contributed by atoms with Crippen LogP contribution in [0.15, 0.2) is 0 Å². The first-order valence-electron chi connectivity index (χ1n) is 4.74. The lowest BCUT2D eigenvalue weighted by Gasteiger charge is -1.95. The summed E-state index contributed by atoms with van der Waals surface area (Å²) >= 11 is 0. The van der Waals surface area contributed by atoms with Gasteiger partial charge in [0, 0.05) is 6.42 Å². The first kappa shape index (κ1) is 15.5. The normalized spacial score (nSPS) is 9.00. The molecule has 0 rings (SSSR count). The Kier molecular flexibility index (Phi) is 9.51. The van der Waals surface area contributed by atoms with Crippen molar-refractivity contribution in [2.24, 2.45) is 5.92 Å². The van der Waals surface area contributed by atoms with Gasteiger partial charge in [0.1, 0.15) is 17.3 Å². The van der Waals surface area contributed by atoms with Gasteiger partial charge in [-0.05, 0) is 26.7 Å². The molecule has 0 spiro atoms. The second-order valence-electron chi connectivity index (χ2n) is 3.88. The molecule has 0 aromatic heterocycles. The van der Waals surface area contributed by atoms with E-state index in [2.05, 4.69) is 0 Å². The van der Waals surface area contributed by atoms with Gasteiger partial charge in [-0.15, -0.1) is 0 Å². The zero-order chi connectivity index (χ0) is 11.7. The number of hydrogen-bond donors (Lipinski definition) is 0. The van der Waals surface area contributed by atoms with Crippen LogP contribution >= 0.6 is 0 Å². The number of Topliss-reactive ketones (excluding diaryl/α,β-unsaturated/α-hetero) is 3. The van der Waals surface area contributed by atoms with Crippen LogP contribution in [0.2, 0.25) is 0 Å². The predicted molar refractivity (Wildman–Crippen MR) is 56.1 cm³/mol. The summed E-state index contributed by atoms with van der Waals surface area (Å²) in [5.41, 5.74) is 0. The predicted octanol–water partition coefficient (Wildman–Crippen LogP) is 2.18. The van der Waals surface area contributed by atoms with E-state index in [0.29, 0.717) is 5.92 Å². The van der Waals surface area contributed by atoms with Crippen LogP contribution in [-0.4, -0.2) is 17.3 Å². The van der Waals surface area contributed by atoms with E-state index < -0.39 is 0 Å². The Balaban J connectivity index is 0. The highest BCUT2D eigenvalue weighted by Crippen LogP contribution is 1.97. The van der Waals surface area contributed by atoms with Gasteiger partial charge in [0.15, 0.2) is 0 Å². The number of carbonyl (C=O) groups excluding carboxylic acids is 3. The summed E-state index contributed by atoms with van der Waals surface area (Å²) < 4.78 is 0. The first-order chi connectivity index (χ1) is 6.25. The number of carbonyl (C=O) groups is 3. The van der Waals surface area contributed by atoms with Crippen molar-refractivity contribution in [2.45, 2.75) is 47.5 Å². The van der Waals surface area contributed by atoms with Crippen molar-refractivity contribution in [1.82, 2.24) is 0 Å². The molecule has 0 radical (unpaired) electrons. The van der Waals surface area contributed by atoms with E-state index in [1.807, 2.05) is 13.8 Å². The van der Waals surface area contributed by atoms with Gasteiger partial charge in [-0.1, -0.05) is 13.8 Å². The highest BCUT2D eigenvalue weighted by atomic mass is 16.1. The molecule has 0 aliphatic heterocycles. The van der Waals surface area contributed by atoms with Gasteiger partial charge in [-0.2, -0.15) is 0 Å². The Labute approximate surface area is 85.9 Å². The largest absolute Gasteiger partial charge is 0.300 e. The molecule has 82 valence electrons. The van der Waals surface area contributed by atoms with E-state index >= 15 is 0 Å². The van der Waals surface area contributed by atoms with Crippen LogP contribution < -0.4 is 0 Å². The molecule has 14 heavy (non-hydrogen) atoms. The quantitative estimate of drug-likeness (QED) is 0.653. The molecule has 3 nitrogen and oxygen atoms in total. The second-order valence-corrected chi connectivity index (χ2v) is 3.88. The van der Waals surface area contributed by atoms with Crippen molar-refractivity contribution >= 4 is 17.3 Å². The number of ketones is 3. The maximum absolute atomic E-state index is 10.3. The Morgan fingerprint density at radius 2 is 1.21 bits per heavy atom. The van der Waals surface area contributed by atoms with E-state index in [-0.39, 0.29) is 23.8 Å². The Morgan fingerprint density at radius 1 is 0.857 bits per heavy atom. The van der Waals surface area contributed by atoms with Crippen molar-refractivity contribution < 1.29 is 14.4 Å². The Hall–Kier alpha value is -0.990. The minimum absolute atomic E-state index is 0.0625. The van der Waals surface area contributed by atoms with Crippen LogP contribution in [0.5, 0.6) is 0 Å². The van der Waals surface area contributed by atoms with E-state index in [1.165, 1.54) is 13.8 Å². The van der Waals surface area contributed by atoms with Crippen molar-refractivity contribution in [3.8, 4) is 0 Å². The van der Waals surface area contributed by atoms with Gasteiger partial charge in [0.25, 0.3) is 0 Å². The third-order valence-electron chi connectivity index (χ3n) is 1.19. The molecule has 0 aliphatic rings. The van der Waals surface area contributed by atoms with Crippen molar-refractivity contribution in [3.63, 3.8) is 0 Å². The highest BCUT2D eigenvalue weighted by Gasteiger charge is 1.95. The van der Waals surface area contributed by atoms with E-state index in [1.54, 1.807) is 6.92 Å². The van der Waals surface area contributed by atoms with Gasteiger partial charge in [-0.25, -0.2) is 0 Å². The molecule has 0 N–H and O–H groups in total. The van der Waals surface area contributed by atoms with Crippen LogP contribution in [0.4, 0.5) is 0 Å².